The van der Waals surface area contributed by atoms with Gasteiger partial charge >= 0.3 is 5.97 Å². The minimum atomic E-state index is -3.66. The van der Waals surface area contributed by atoms with Crippen LogP contribution in [0.3, 0.4) is 0 Å². The third-order valence-electron chi connectivity index (χ3n) is 3.98. The Morgan fingerprint density at radius 1 is 1.30 bits per heavy atom. The van der Waals surface area contributed by atoms with E-state index in [0.717, 1.165) is 17.5 Å². The summed E-state index contributed by atoms with van der Waals surface area (Å²) in [6, 6.07) is 5.76. The average molecular weight is 393 g/mol. The first-order valence-corrected chi connectivity index (χ1v) is 9.80. The summed E-state index contributed by atoms with van der Waals surface area (Å²) < 4.78 is 28.3. The van der Waals surface area contributed by atoms with Crippen molar-refractivity contribution in [2.75, 3.05) is 6.54 Å². The Hall–Kier alpha value is -2.79. The Bertz CT molecular complexity index is 952. The molecule has 0 saturated heterocycles. The van der Waals surface area contributed by atoms with Crippen LogP contribution in [0.4, 0.5) is 0 Å². The predicted octanol–water partition coefficient (Wildman–Crippen LogP) is -0.0190. The van der Waals surface area contributed by atoms with Crippen LogP contribution in [0, 0.1) is 5.92 Å². The number of benzene rings is 1. The van der Waals surface area contributed by atoms with Crippen LogP contribution in [-0.2, 0) is 27.9 Å². The largest absolute Gasteiger partial charge is 0.480 e. The van der Waals surface area contributed by atoms with E-state index in [1.54, 1.807) is 0 Å². The fourth-order valence-electron chi connectivity index (χ4n) is 2.35. The van der Waals surface area contributed by atoms with E-state index >= 15 is 0 Å². The Kier molecular flexibility index (Phi) is 5.51. The molecule has 11 heteroatoms. The van der Waals surface area contributed by atoms with Crippen LogP contribution in [-0.4, -0.2) is 46.9 Å². The van der Waals surface area contributed by atoms with Gasteiger partial charge in [-0.2, -0.15) is 0 Å². The molecule has 0 aliphatic heterocycles. The topological polar surface area (TPSA) is 143 Å². The van der Waals surface area contributed by atoms with E-state index in [1.807, 2.05) is 0 Å². The number of rotatable bonds is 9. The van der Waals surface area contributed by atoms with Crippen LogP contribution < -0.4 is 10.0 Å². The lowest BCUT2D eigenvalue weighted by Crippen LogP contribution is -2.27. The van der Waals surface area contributed by atoms with E-state index in [4.69, 9.17) is 5.11 Å². The first kappa shape index (κ1) is 19.0. The van der Waals surface area contributed by atoms with Crippen molar-refractivity contribution in [2.45, 2.75) is 30.8 Å². The smallest absolute Gasteiger partial charge is 0.325 e. The van der Waals surface area contributed by atoms with Crippen LogP contribution in [0.15, 0.2) is 35.4 Å². The summed E-state index contributed by atoms with van der Waals surface area (Å²) in [6.07, 6.45) is 3.47. The van der Waals surface area contributed by atoms with Crippen molar-refractivity contribution in [1.29, 1.82) is 0 Å². The summed E-state index contributed by atoms with van der Waals surface area (Å²) in [5.74, 6) is -1.12. The molecule has 1 aliphatic rings. The molecule has 1 aromatic carbocycles. The highest BCUT2D eigenvalue weighted by Gasteiger charge is 2.24. The van der Waals surface area contributed by atoms with E-state index < -0.39 is 21.9 Å². The molecule has 1 heterocycles. The zero-order valence-electron chi connectivity index (χ0n) is 14.3. The predicted molar refractivity (Wildman–Crippen MR) is 93.2 cm³/mol. The molecule has 3 N–H and O–H groups in total. The minimum Gasteiger partial charge on any atom is -0.480 e. The van der Waals surface area contributed by atoms with Crippen LogP contribution in [0.5, 0.6) is 0 Å². The lowest BCUT2D eigenvalue weighted by Gasteiger charge is -2.08. The van der Waals surface area contributed by atoms with Gasteiger partial charge in [0.1, 0.15) is 12.2 Å². The van der Waals surface area contributed by atoms with Gasteiger partial charge in [0, 0.05) is 12.1 Å². The second kappa shape index (κ2) is 7.84. The lowest BCUT2D eigenvalue weighted by atomic mass is 10.2. The van der Waals surface area contributed by atoms with Gasteiger partial charge in [-0.25, -0.2) is 17.8 Å². The number of carbonyl (C=O) groups excluding carboxylic acids is 1. The van der Waals surface area contributed by atoms with Gasteiger partial charge in [0.15, 0.2) is 0 Å². The number of carboxylic acids is 1. The third kappa shape index (κ3) is 5.34. The monoisotopic (exact) mass is 393 g/mol. The number of nitrogens with one attached hydrogen (secondary N) is 2. The average Bonchev–Trinajstić information content (AvgIpc) is 3.37. The molecular formula is C16H19N5O5S. The number of sulfonamides is 1. The summed E-state index contributed by atoms with van der Waals surface area (Å²) in [5.41, 5.74) is 0.585. The van der Waals surface area contributed by atoms with E-state index in [0.29, 0.717) is 18.2 Å². The third-order valence-corrected chi connectivity index (χ3v) is 5.40. The maximum atomic E-state index is 12.3. The number of carboxylic acid groups (broad SMARTS) is 1. The molecule has 3 rings (SSSR count). The van der Waals surface area contributed by atoms with Crippen molar-refractivity contribution in [3.8, 4) is 0 Å². The molecule has 0 spiro atoms. The Morgan fingerprint density at radius 3 is 2.78 bits per heavy atom. The number of hydrogen-bond acceptors (Lipinski definition) is 6. The van der Waals surface area contributed by atoms with Crippen LogP contribution >= 0.6 is 0 Å². The molecule has 1 amide bonds. The van der Waals surface area contributed by atoms with Crippen molar-refractivity contribution >= 4 is 21.9 Å². The molecule has 0 radical (unpaired) electrons. The summed E-state index contributed by atoms with van der Waals surface area (Å²) in [6.45, 7) is 0.120. The number of hydrogen-bond donors (Lipinski definition) is 3. The van der Waals surface area contributed by atoms with Crippen LogP contribution in [0.1, 0.15) is 28.9 Å². The van der Waals surface area contributed by atoms with E-state index in [9.17, 15) is 18.0 Å². The molecule has 27 heavy (non-hydrogen) atoms. The standard InChI is InChI=1S/C16H19N5O5S/c22-15(23)10-21-9-13(19-20-21)8-17-16(24)12-2-1-3-14(6-12)27(25,26)18-7-11-4-5-11/h1-3,6,9,11,18H,4-5,7-8,10H2,(H,17,24)(H,22,23). The maximum Gasteiger partial charge on any atom is 0.325 e. The highest BCUT2D eigenvalue weighted by molar-refractivity contribution is 7.89. The quantitative estimate of drug-likeness (QED) is 0.543. The van der Waals surface area contributed by atoms with Gasteiger partial charge in [0.2, 0.25) is 10.0 Å². The Labute approximate surface area is 155 Å². The van der Waals surface area contributed by atoms with Crippen molar-refractivity contribution < 1.29 is 23.1 Å². The molecule has 144 valence electrons. The van der Waals surface area contributed by atoms with E-state index in [1.165, 1.54) is 30.5 Å². The molecule has 0 unspecified atom stereocenters. The fraction of sp³-hybridized carbons (Fsp3) is 0.375. The Morgan fingerprint density at radius 2 is 2.07 bits per heavy atom. The molecule has 1 aliphatic carbocycles. The number of nitrogens with zero attached hydrogens (tertiary/aromatic N) is 3. The summed E-state index contributed by atoms with van der Waals surface area (Å²) in [7, 11) is -3.66. The zero-order chi connectivity index (χ0) is 19.4. The molecule has 0 bridgehead atoms. The normalized spacial score (nSPS) is 14.1. The van der Waals surface area contributed by atoms with E-state index in [2.05, 4.69) is 20.4 Å². The molecule has 1 saturated carbocycles. The summed E-state index contributed by atoms with van der Waals surface area (Å²) >= 11 is 0. The highest BCUT2D eigenvalue weighted by atomic mass is 32.2. The summed E-state index contributed by atoms with van der Waals surface area (Å²) in [5, 5.41) is 18.7. The van der Waals surface area contributed by atoms with Crippen LogP contribution in [0.2, 0.25) is 0 Å². The van der Waals surface area contributed by atoms with Gasteiger partial charge in [0.25, 0.3) is 5.91 Å². The number of aliphatic carboxylic acids is 1. The summed E-state index contributed by atoms with van der Waals surface area (Å²) in [4.78, 5) is 22.9. The van der Waals surface area contributed by atoms with Crippen molar-refractivity contribution in [1.82, 2.24) is 25.0 Å². The SMILES string of the molecule is O=C(O)Cn1cc(CNC(=O)c2cccc(S(=O)(=O)NCC3CC3)c2)nn1. The van der Waals surface area contributed by atoms with E-state index in [-0.39, 0.29) is 23.5 Å². The second-order valence-corrected chi connectivity index (χ2v) is 8.07. The van der Waals surface area contributed by atoms with Crippen LogP contribution in [0.25, 0.3) is 0 Å². The van der Waals surface area contributed by atoms with Crippen molar-refractivity contribution in [3.05, 3.63) is 41.7 Å². The molecule has 2 aromatic rings. The molecule has 0 atom stereocenters. The maximum absolute atomic E-state index is 12.3. The van der Waals surface area contributed by atoms with Gasteiger partial charge in [-0.1, -0.05) is 11.3 Å². The zero-order valence-corrected chi connectivity index (χ0v) is 15.1. The Balaban J connectivity index is 1.61. The first-order valence-electron chi connectivity index (χ1n) is 8.32. The van der Waals surface area contributed by atoms with Crippen molar-refractivity contribution in [3.63, 3.8) is 0 Å². The molecule has 1 aromatic heterocycles. The first-order chi connectivity index (χ1) is 12.8. The molecule has 10 nitrogen and oxygen atoms in total. The van der Waals surface area contributed by atoms with Gasteiger partial charge in [0.05, 0.1) is 17.6 Å². The number of carbonyl (C=O) groups is 2. The minimum absolute atomic E-state index is 0.0307. The number of aromatic nitrogens is 3. The highest BCUT2D eigenvalue weighted by Crippen LogP contribution is 2.28. The van der Waals surface area contributed by atoms with Crippen molar-refractivity contribution in [2.24, 2.45) is 5.92 Å². The van der Waals surface area contributed by atoms with Gasteiger partial charge in [-0.15, -0.1) is 5.10 Å². The lowest BCUT2D eigenvalue weighted by molar-refractivity contribution is -0.137. The second-order valence-electron chi connectivity index (χ2n) is 6.31. The molecular weight excluding hydrogens is 374 g/mol. The van der Waals surface area contributed by atoms with Gasteiger partial charge in [-0.3, -0.25) is 9.59 Å². The van der Waals surface area contributed by atoms with Gasteiger partial charge < -0.3 is 10.4 Å². The molecule has 1 fully saturated rings. The fourth-order valence-corrected chi connectivity index (χ4v) is 3.51. The number of amides is 1. The van der Waals surface area contributed by atoms with Gasteiger partial charge in [-0.05, 0) is 37.0 Å².